The molecule has 2 heterocycles. The Hall–Kier alpha value is -4.03. The molecule has 1 aliphatic rings. The molecule has 5 rings (SSSR count). The van der Waals surface area contributed by atoms with Crippen LogP contribution in [-0.4, -0.2) is 23.9 Å². The van der Waals surface area contributed by atoms with Gasteiger partial charge in [0, 0.05) is 22.2 Å². The zero-order valence-corrected chi connectivity index (χ0v) is 22.9. The molecule has 0 fully saturated rings. The molecule has 1 N–H and O–H groups in total. The molecule has 6 nitrogen and oxygen atoms in total. The summed E-state index contributed by atoms with van der Waals surface area (Å²) >= 11 is 6.21. The van der Waals surface area contributed by atoms with Crippen LogP contribution in [0.2, 0.25) is 5.02 Å². The molecule has 1 atom stereocenters. The molecule has 0 aliphatic carbocycles. The van der Waals surface area contributed by atoms with Gasteiger partial charge < -0.3 is 14.3 Å². The van der Waals surface area contributed by atoms with E-state index in [1.807, 2.05) is 48.5 Å². The highest BCUT2D eigenvalue weighted by atomic mass is 35.5. The van der Waals surface area contributed by atoms with Crippen LogP contribution in [0.25, 0.3) is 11.0 Å². The van der Waals surface area contributed by atoms with Gasteiger partial charge in [-0.1, -0.05) is 68.3 Å². The van der Waals surface area contributed by atoms with Gasteiger partial charge in [0.1, 0.15) is 0 Å². The Balaban J connectivity index is 1.60. The van der Waals surface area contributed by atoms with Crippen LogP contribution in [0, 0.1) is 0 Å². The normalized spacial score (nSPS) is 15.4. The van der Waals surface area contributed by atoms with Crippen LogP contribution >= 0.6 is 11.6 Å². The van der Waals surface area contributed by atoms with Crippen LogP contribution in [-0.2, 0) is 17.6 Å². The standard InChI is InChI=1S/C32H30ClNO5/c1-4-6-7-20-10-14-24(15-11-20)34-28(21-12-8-19(5-2)9-13-21)27(30(36)32(34)37)29(35)25-17-22-16-23(33)18-26(38-3)31(22)39-25/h8-18,28,36H,4-7H2,1-3H3. The van der Waals surface area contributed by atoms with E-state index in [0.717, 1.165) is 31.2 Å². The van der Waals surface area contributed by atoms with Gasteiger partial charge in [0.25, 0.3) is 5.91 Å². The molecule has 1 amide bonds. The molecule has 1 unspecified atom stereocenters. The first-order valence-electron chi connectivity index (χ1n) is 13.1. The topological polar surface area (TPSA) is 80.0 Å². The van der Waals surface area contributed by atoms with Crippen LogP contribution in [0.5, 0.6) is 5.75 Å². The van der Waals surface area contributed by atoms with E-state index in [4.69, 9.17) is 20.8 Å². The van der Waals surface area contributed by atoms with E-state index in [9.17, 15) is 14.7 Å². The fourth-order valence-electron chi connectivity index (χ4n) is 5.04. The van der Waals surface area contributed by atoms with Crippen molar-refractivity contribution >= 4 is 39.9 Å². The number of amides is 1. The minimum atomic E-state index is -0.837. The van der Waals surface area contributed by atoms with Crippen LogP contribution in [0.3, 0.4) is 0 Å². The lowest BCUT2D eigenvalue weighted by Gasteiger charge is -2.27. The number of aryl methyl sites for hydroxylation is 2. The van der Waals surface area contributed by atoms with Crippen molar-refractivity contribution in [3.05, 3.63) is 106 Å². The second-order valence-corrected chi connectivity index (χ2v) is 10.1. The van der Waals surface area contributed by atoms with Crippen molar-refractivity contribution in [2.75, 3.05) is 12.0 Å². The van der Waals surface area contributed by atoms with Crippen LogP contribution in [0.4, 0.5) is 5.69 Å². The summed E-state index contributed by atoms with van der Waals surface area (Å²) in [7, 11) is 1.49. The summed E-state index contributed by atoms with van der Waals surface area (Å²) in [5.41, 5.74) is 3.91. The third kappa shape index (κ3) is 4.92. The Kier molecular flexibility index (Phi) is 7.49. The first kappa shape index (κ1) is 26.6. The molecule has 1 aliphatic heterocycles. The number of hydrogen-bond acceptors (Lipinski definition) is 5. The smallest absolute Gasteiger partial charge is 0.294 e. The number of rotatable bonds is 9. The van der Waals surface area contributed by atoms with E-state index >= 15 is 0 Å². The highest BCUT2D eigenvalue weighted by Gasteiger charge is 2.45. The van der Waals surface area contributed by atoms with Gasteiger partial charge in [-0.05, 0) is 60.2 Å². The predicted molar refractivity (Wildman–Crippen MR) is 153 cm³/mol. The summed E-state index contributed by atoms with van der Waals surface area (Å²) in [6.45, 7) is 4.20. The quantitative estimate of drug-likeness (QED) is 0.218. The lowest BCUT2D eigenvalue weighted by molar-refractivity contribution is -0.117. The number of halogens is 1. The maximum atomic E-state index is 13.9. The molecule has 39 heavy (non-hydrogen) atoms. The number of benzene rings is 3. The molecular weight excluding hydrogens is 514 g/mol. The Morgan fingerprint density at radius 1 is 1.03 bits per heavy atom. The van der Waals surface area contributed by atoms with Crippen molar-refractivity contribution < 1.29 is 23.8 Å². The predicted octanol–water partition coefficient (Wildman–Crippen LogP) is 7.78. The Morgan fingerprint density at radius 3 is 2.36 bits per heavy atom. The van der Waals surface area contributed by atoms with Gasteiger partial charge in [-0.15, -0.1) is 0 Å². The number of furan rings is 1. The van der Waals surface area contributed by atoms with Gasteiger partial charge in [0.2, 0.25) is 5.78 Å². The minimum absolute atomic E-state index is 0.0214. The van der Waals surface area contributed by atoms with Crippen LogP contribution < -0.4 is 9.64 Å². The molecular formula is C32H30ClNO5. The number of unbranched alkanes of at least 4 members (excludes halogenated alkanes) is 1. The summed E-state index contributed by atoms with van der Waals surface area (Å²) in [5, 5.41) is 12.1. The Morgan fingerprint density at radius 2 is 1.72 bits per heavy atom. The number of fused-ring (bicyclic) bond motifs is 1. The van der Waals surface area contributed by atoms with E-state index in [2.05, 4.69) is 13.8 Å². The Labute approximate surface area is 232 Å². The summed E-state index contributed by atoms with van der Waals surface area (Å²) in [5.74, 6) is -1.45. The maximum Gasteiger partial charge on any atom is 0.294 e. The number of ketones is 1. The first-order valence-corrected chi connectivity index (χ1v) is 13.5. The number of anilines is 1. The third-order valence-electron chi connectivity index (χ3n) is 7.18. The summed E-state index contributed by atoms with van der Waals surface area (Å²) < 4.78 is 11.3. The van der Waals surface area contributed by atoms with Gasteiger partial charge in [-0.2, -0.15) is 0 Å². The van der Waals surface area contributed by atoms with Gasteiger partial charge in [-0.3, -0.25) is 14.5 Å². The van der Waals surface area contributed by atoms with Crippen LogP contribution in [0.1, 0.15) is 60.0 Å². The molecule has 0 saturated carbocycles. The van der Waals surface area contributed by atoms with E-state index in [1.165, 1.54) is 17.6 Å². The first-order chi connectivity index (χ1) is 18.9. The van der Waals surface area contributed by atoms with Gasteiger partial charge in [0.15, 0.2) is 22.9 Å². The number of hydrogen-bond donors (Lipinski definition) is 1. The fraction of sp³-hybridized carbons (Fsp3) is 0.250. The number of nitrogens with zero attached hydrogens (tertiary/aromatic N) is 1. The number of methoxy groups -OCH3 is 1. The Bertz CT molecular complexity index is 1570. The lowest BCUT2D eigenvalue weighted by atomic mass is 9.93. The van der Waals surface area contributed by atoms with Crippen molar-refractivity contribution in [3.8, 4) is 5.75 Å². The third-order valence-corrected chi connectivity index (χ3v) is 7.40. The van der Waals surface area contributed by atoms with Crippen molar-refractivity contribution in [1.82, 2.24) is 0 Å². The number of carbonyl (C=O) groups excluding carboxylic acids is 2. The number of aliphatic hydroxyl groups is 1. The highest BCUT2D eigenvalue weighted by Crippen LogP contribution is 2.43. The van der Waals surface area contributed by atoms with E-state index in [-0.39, 0.29) is 11.3 Å². The molecule has 0 saturated heterocycles. The molecule has 7 heteroatoms. The zero-order chi connectivity index (χ0) is 27.7. The fourth-order valence-corrected chi connectivity index (χ4v) is 5.26. The van der Waals surface area contributed by atoms with Crippen molar-refractivity contribution in [2.24, 2.45) is 0 Å². The number of carbonyl (C=O) groups is 2. The second kappa shape index (κ2) is 11.0. The monoisotopic (exact) mass is 543 g/mol. The van der Waals surface area contributed by atoms with Crippen molar-refractivity contribution in [3.63, 3.8) is 0 Å². The average Bonchev–Trinajstić information content (AvgIpc) is 3.50. The van der Waals surface area contributed by atoms with Crippen molar-refractivity contribution in [2.45, 2.75) is 45.6 Å². The van der Waals surface area contributed by atoms with Gasteiger partial charge in [-0.25, -0.2) is 0 Å². The SMILES string of the molecule is CCCCc1ccc(N2C(=O)C(O)=C(C(=O)c3cc4cc(Cl)cc(OC)c4o3)C2c2ccc(CC)cc2)cc1. The van der Waals surface area contributed by atoms with Crippen molar-refractivity contribution in [1.29, 1.82) is 0 Å². The van der Waals surface area contributed by atoms with E-state index in [0.29, 0.717) is 33.0 Å². The summed E-state index contributed by atoms with van der Waals surface area (Å²) in [4.78, 5) is 29.0. The average molecular weight is 544 g/mol. The number of aliphatic hydroxyl groups excluding tert-OH is 1. The van der Waals surface area contributed by atoms with Gasteiger partial charge >= 0.3 is 0 Å². The van der Waals surface area contributed by atoms with E-state index in [1.54, 1.807) is 18.2 Å². The highest BCUT2D eigenvalue weighted by molar-refractivity contribution is 6.31. The van der Waals surface area contributed by atoms with E-state index < -0.39 is 23.5 Å². The minimum Gasteiger partial charge on any atom is -0.503 e. The largest absolute Gasteiger partial charge is 0.503 e. The molecule has 1 aromatic heterocycles. The summed E-state index contributed by atoms with van der Waals surface area (Å²) in [6, 6.07) is 19.4. The molecule has 0 radical (unpaired) electrons. The molecule has 200 valence electrons. The molecule has 0 bridgehead atoms. The second-order valence-electron chi connectivity index (χ2n) is 9.67. The lowest BCUT2D eigenvalue weighted by Crippen LogP contribution is -2.31. The summed E-state index contributed by atoms with van der Waals surface area (Å²) in [6.07, 6.45) is 3.96. The number of Topliss-reactive ketones (excluding diaryl/α,β-unsaturated/α-hetero) is 1. The molecule has 3 aromatic carbocycles. The van der Waals surface area contributed by atoms with Crippen LogP contribution in [0.15, 0.2) is 82.5 Å². The maximum absolute atomic E-state index is 13.9. The van der Waals surface area contributed by atoms with Gasteiger partial charge in [0.05, 0.1) is 18.7 Å². The zero-order valence-electron chi connectivity index (χ0n) is 22.2. The molecule has 4 aromatic rings. The number of ether oxygens (including phenoxy) is 1. The molecule has 0 spiro atoms.